The number of nitrogens with zero attached hydrogens (tertiary/aromatic N) is 4. The SMILES string of the molecule is CCn1nnc(CS(=O)(=O)c2ccccc2C(C)(F)F)n1. The molecule has 0 aliphatic heterocycles. The number of benzene rings is 1. The van der Waals surface area contributed by atoms with E-state index < -0.39 is 32.0 Å². The van der Waals surface area contributed by atoms with Crippen molar-refractivity contribution >= 4 is 9.84 Å². The molecule has 1 aromatic heterocycles. The molecular formula is C12H14F2N4O2S. The minimum Gasteiger partial charge on any atom is -0.223 e. The van der Waals surface area contributed by atoms with Crippen molar-refractivity contribution in [3.63, 3.8) is 0 Å². The molecule has 0 radical (unpaired) electrons. The van der Waals surface area contributed by atoms with Crippen molar-refractivity contribution in [3.05, 3.63) is 35.7 Å². The van der Waals surface area contributed by atoms with Crippen LogP contribution in [0.4, 0.5) is 8.78 Å². The predicted octanol–water partition coefficient (Wildman–Crippen LogP) is 1.78. The molecule has 0 saturated heterocycles. The maximum absolute atomic E-state index is 13.5. The highest BCUT2D eigenvalue weighted by atomic mass is 32.2. The van der Waals surface area contributed by atoms with Gasteiger partial charge in [-0.2, -0.15) is 4.80 Å². The summed E-state index contributed by atoms with van der Waals surface area (Å²) in [4.78, 5) is 0.816. The van der Waals surface area contributed by atoms with E-state index in [1.807, 2.05) is 0 Å². The van der Waals surface area contributed by atoms with E-state index in [2.05, 4.69) is 15.4 Å². The molecule has 0 N–H and O–H groups in total. The van der Waals surface area contributed by atoms with E-state index in [1.165, 1.54) is 16.9 Å². The molecule has 2 rings (SSSR count). The van der Waals surface area contributed by atoms with Gasteiger partial charge in [0.05, 0.1) is 11.4 Å². The monoisotopic (exact) mass is 316 g/mol. The van der Waals surface area contributed by atoms with E-state index in [0.29, 0.717) is 13.5 Å². The van der Waals surface area contributed by atoms with Gasteiger partial charge in [0.2, 0.25) is 0 Å². The lowest BCUT2D eigenvalue weighted by atomic mass is 10.1. The number of rotatable bonds is 5. The van der Waals surface area contributed by atoms with Gasteiger partial charge in [0.25, 0.3) is 5.92 Å². The van der Waals surface area contributed by atoms with Crippen LogP contribution in [0.2, 0.25) is 0 Å². The molecule has 0 aliphatic rings. The summed E-state index contributed by atoms with van der Waals surface area (Å²) in [6, 6.07) is 5.03. The van der Waals surface area contributed by atoms with Crippen LogP contribution in [0.25, 0.3) is 0 Å². The van der Waals surface area contributed by atoms with Crippen LogP contribution in [0.5, 0.6) is 0 Å². The van der Waals surface area contributed by atoms with Crippen molar-refractivity contribution in [1.82, 2.24) is 20.2 Å². The zero-order valence-electron chi connectivity index (χ0n) is 11.5. The molecule has 0 fully saturated rings. The van der Waals surface area contributed by atoms with Crippen LogP contribution in [-0.2, 0) is 28.1 Å². The van der Waals surface area contributed by atoms with Gasteiger partial charge in [-0.15, -0.1) is 10.2 Å². The average molecular weight is 316 g/mol. The number of sulfone groups is 1. The fourth-order valence-corrected chi connectivity index (χ4v) is 3.30. The zero-order valence-corrected chi connectivity index (χ0v) is 12.3. The number of hydrogen-bond donors (Lipinski definition) is 0. The van der Waals surface area contributed by atoms with E-state index in [9.17, 15) is 17.2 Å². The summed E-state index contributed by atoms with van der Waals surface area (Å²) >= 11 is 0. The molecular weight excluding hydrogens is 302 g/mol. The predicted molar refractivity (Wildman–Crippen MR) is 70.4 cm³/mol. The van der Waals surface area contributed by atoms with E-state index in [1.54, 1.807) is 6.92 Å². The molecule has 1 aromatic carbocycles. The Hall–Kier alpha value is -1.90. The Balaban J connectivity index is 2.40. The Bertz CT molecular complexity index is 738. The van der Waals surface area contributed by atoms with Crippen molar-refractivity contribution in [2.45, 2.75) is 37.0 Å². The van der Waals surface area contributed by atoms with Gasteiger partial charge in [-0.05, 0) is 18.2 Å². The molecule has 114 valence electrons. The molecule has 21 heavy (non-hydrogen) atoms. The van der Waals surface area contributed by atoms with Gasteiger partial charge in [0.15, 0.2) is 15.7 Å². The Morgan fingerprint density at radius 1 is 1.29 bits per heavy atom. The van der Waals surface area contributed by atoms with Crippen molar-refractivity contribution in [1.29, 1.82) is 0 Å². The normalized spacial score (nSPS) is 12.6. The lowest BCUT2D eigenvalue weighted by Crippen LogP contribution is -2.16. The summed E-state index contributed by atoms with van der Waals surface area (Å²) < 4.78 is 51.7. The first-order valence-corrected chi connectivity index (χ1v) is 7.86. The number of aryl methyl sites for hydroxylation is 1. The number of alkyl halides is 2. The largest absolute Gasteiger partial charge is 0.271 e. The van der Waals surface area contributed by atoms with Crippen molar-refractivity contribution in [3.8, 4) is 0 Å². The highest BCUT2D eigenvalue weighted by Crippen LogP contribution is 2.33. The zero-order chi connectivity index (χ0) is 15.7. The van der Waals surface area contributed by atoms with Crippen LogP contribution < -0.4 is 0 Å². The van der Waals surface area contributed by atoms with Crippen LogP contribution >= 0.6 is 0 Å². The smallest absolute Gasteiger partial charge is 0.223 e. The first kappa shape index (κ1) is 15.5. The van der Waals surface area contributed by atoms with Crippen molar-refractivity contribution in [2.75, 3.05) is 0 Å². The van der Waals surface area contributed by atoms with Gasteiger partial charge in [-0.25, -0.2) is 17.2 Å². The first-order valence-electron chi connectivity index (χ1n) is 6.21. The average Bonchev–Trinajstić information content (AvgIpc) is 2.85. The number of halogens is 2. The molecule has 0 bridgehead atoms. The quantitative estimate of drug-likeness (QED) is 0.840. The number of tetrazole rings is 1. The summed E-state index contributed by atoms with van der Waals surface area (Å²) in [6.45, 7) is 2.87. The van der Waals surface area contributed by atoms with Gasteiger partial charge in [0.1, 0.15) is 5.75 Å². The highest BCUT2D eigenvalue weighted by molar-refractivity contribution is 7.90. The second-order valence-corrected chi connectivity index (χ2v) is 6.50. The molecule has 0 amide bonds. The third kappa shape index (κ3) is 3.41. The van der Waals surface area contributed by atoms with Gasteiger partial charge in [-0.3, -0.25) is 0 Å². The molecule has 0 unspecified atom stereocenters. The lowest BCUT2D eigenvalue weighted by molar-refractivity contribution is 0.0144. The van der Waals surface area contributed by atoms with E-state index in [0.717, 1.165) is 12.1 Å². The minimum absolute atomic E-state index is 0.0222. The highest BCUT2D eigenvalue weighted by Gasteiger charge is 2.32. The minimum atomic E-state index is -3.98. The number of hydrogen-bond acceptors (Lipinski definition) is 5. The second kappa shape index (κ2) is 5.47. The number of aromatic nitrogens is 4. The van der Waals surface area contributed by atoms with Gasteiger partial charge >= 0.3 is 0 Å². The molecule has 6 nitrogen and oxygen atoms in total. The van der Waals surface area contributed by atoms with Crippen molar-refractivity contribution < 1.29 is 17.2 Å². The summed E-state index contributed by atoms with van der Waals surface area (Å²) in [5.41, 5.74) is -0.534. The molecule has 0 spiro atoms. The van der Waals surface area contributed by atoms with E-state index >= 15 is 0 Å². The van der Waals surface area contributed by atoms with Crippen LogP contribution in [0.3, 0.4) is 0 Å². The molecule has 1 heterocycles. The van der Waals surface area contributed by atoms with Crippen LogP contribution in [-0.4, -0.2) is 28.6 Å². The maximum atomic E-state index is 13.5. The molecule has 0 aliphatic carbocycles. The fourth-order valence-electron chi connectivity index (χ4n) is 1.82. The summed E-state index contributed by atoms with van der Waals surface area (Å²) in [6.07, 6.45) is 0. The third-order valence-electron chi connectivity index (χ3n) is 2.79. The van der Waals surface area contributed by atoms with Crippen LogP contribution in [0.15, 0.2) is 29.2 Å². The molecule has 0 atom stereocenters. The van der Waals surface area contributed by atoms with Gasteiger partial charge in [0, 0.05) is 12.5 Å². The van der Waals surface area contributed by atoms with Gasteiger partial charge < -0.3 is 0 Å². The topological polar surface area (TPSA) is 77.7 Å². The van der Waals surface area contributed by atoms with Crippen LogP contribution in [0.1, 0.15) is 25.2 Å². The molecule has 9 heteroatoms. The van der Waals surface area contributed by atoms with E-state index in [-0.39, 0.29) is 5.82 Å². The van der Waals surface area contributed by atoms with E-state index in [4.69, 9.17) is 0 Å². The summed E-state index contributed by atoms with van der Waals surface area (Å²) in [7, 11) is -3.98. The molecule has 2 aromatic rings. The third-order valence-corrected chi connectivity index (χ3v) is 4.46. The fraction of sp³-hybridized carbons (Fsp3) is 0.417. The standard InChI is InChI=1S/C12H14F2N4O2S/c1-3-18-16-11(15-17-18)8-21(19,20)10-7-5-4-6-9(10)12(2,13)14/h4-7H,3,8H2,1-2H3. The van der Waals surface area contributed by atoms with Gasteiger partial charge in [-0.1, -0.05) is 18.2 Å². The Morgan fingerprint density at radius 2 is 1.95 bits per heavy atom. The second-order valence-electron chi connectivity index (χ2n) is 4.54. The lowest BCUT2D eigenvalue weighted by Gasteiger charge is -2.15. The van der Waals surface area contributed by atoms with Crippen LogP contribution in [0, 0.1) is 0 Å². The molecule has 0 saturated carbocycles. The Kier molecular flexibility index (Phi) is 4.04. The first-order chi connectivity index (χ1) is 9.74. The summed E-state index contributed by atoms with van der Waals surface area (Å²) in [5, 5.41) is 11.1. The maximum Gasteiger partial charge on any atom is 0.271 e. The summed E-state index contributed by atoms with van der Waals surface area (Å²) in [5.74, 6) is -3.84. The Labute approximate surface area is 120 Å². The van der Waals surface area contributed by atoms with Crippen molar-refractivity contribution in [2.24, 2.45) is 0 Å². The Morgan fingerprint density at radius 3 is 2.52 bits per heavy atom.